The number of pyridine rings is 1. The number of amides is 1. The summed E-state index contributed by atoms with van der Waals surface area (Å²) in [6.07, 6.45) is 6.66. The highest BCUT2D eigenvalue weighted by Crippen LogP contribution is 2.34. The van der Waals surface area contributed by atoms with Crippen LogP contribution in [0.4, 0.5) is 10.6 Å². The number of aryl methyl sites for hydroxylation is 2. The van der Waals surface area contributed by atoms with E-state index in [2.05, 4.69) is 34.7 Å². The zero-order chi connectivity index (χ0) is 24.0. The minimum Gasteiger partial charge on any atom is -0.467 e. The van der Waals surface area contributed by atoms with Gasteiger partial charge in [0.25, 0.3) is 0 Å². The summed E-state index contributed by atoms with van der Waals surface area (Å²) in [5.74, 6) is 1.33. The van der Waals surface area contributed by atoms with Gasteiger partial charge in [0.15, 0.2) is 0 Å². The zero-order valence-corrected chi connectivity index (χ0v) is 20.8. The second-order valence-corrected chi connectivity index (χ2v) is 10.4. The minimum absolute atomic E-state index is 0.451. The second-order valence-electron chi connectivity index (χ2n) is 10.4. The van der Waals surface area contributed by atoms with Gasteiger partial charge >= 0.3 is 12.1 Å². The van der Waals surface area contributed by atoms with Crippen LogP contribution in [0.25, 0.3) is 0 Å². The Labute approximate surface area is 197 Å². The summed E-state index contributed by atoms with van der Waals surface area (Å²) in [4.78, 5) is 31.3. The van der Waals surface area contributed by atoms with Gasteiger partial charge in [0, 0.05) is 24.8 Å². The molecule has 1 fully saturated rings. The Hall–Kier alpha value is -2.35. The number of methoxy groups -OCH3 is 1. The van der Waals surface area contributed by atoms with Gasteiger partial charge in [-0.2, -0.15) is 0 Å². The largest absolute Gasteiger partial charge is 0.467 e. The molecule has 0 bridgehead atoms. The molecule has 0 radical (unpaired) electrons. The Morgan fingerprint density at radius 1 is 1.30 bits per heavy atom. The number of aromatic nitrogens is 1. The van der Waals surface area contributed by atoms with Gasteiger partial charge in [-0.25, -0.2) is 14.6 Å². The number of nitrogens with zero attached hydrogens (tertiary/aromatic N) is 2. The Balaban J connectivity index is 1.39. The molecule has 0 aromatic carbocycles. The molecule has 2 N–H and O–H groups in total. The predicted octanol–water partition coefficient (Wildman–Crippen LogP) is 3.54. The van der Waals surface area contributed by atoms with Gasteiger partial charge < -0.3 is 25.0 Å². The van der Waals surface area contributed by atoms with Gasteiger partial charge in [0.2, 0.25) is 0 Å². The summed E-state index contributed by atoms with van der Waals surface area (Å²) < 4.78 is 10.1. The highest BCUT2D eigenvalue weighted by Gasteiger charge is 2.33. The first-order valence-electron chi connectivity index (χ1n) is 12.1. The SMILES string of the molecule is COC(=O)[C@H](CCN(C)C1CC(CCc2ccc3c(n2)NCCC3)C1)NC(=O)OC(C)(C)C. The first kappa shape index (κ1) is 25.3. The average Bonchev–Trinajstić information content (AvgIpc) is 2.73. The van der Waals surface area contributed by atoms with Crippen LogP contribution in [0.1, 0.15) is 64.1 Å². The van der Waals surface area contributed by atoms with E-state index in [0.717, 1.165) is 44.5 Å². The molecule has 1 saturated carbocycles. The fourth-order valence-corrected chi connectivity index (χ4v) is 4.51. The summed E-state index contributed by atoms with van der Waals surface area (Å²) in [6.45, 7) is 7.09. The van der Waals surface area contributed by atoms with Gasteiger partial charge in [0.05, 0.1) is 7.11 Å². The van der Waals surface area contributed by atoms with Crippen molar-refractivity contribution in [1.82, 2.24) is 15.2 Å². The number of alkyl carbamates (subject to hydrolysis) is 1. The normalized spacial score (nSPS) is 20.8. The van der Waals surface area contributed by atoms with Crippen LogP contribution in [0.3, 0.4) is 0 Å². The fourth-order valence-electron chi connectivity index (χ4n) is 4.51. The van der Waals surface area contributed by atoms with Crippen LogP contribution in [0.5, 0.6) is 0 Å². The first-order chi connectivity index (χ1) is 15.6. The molecular weight excluding hydrogens is 420 g/mol. The number of hydrogen-bond acceptors (Lipinski definition) is 7. The molecule has 1 aromatic rings. The van der Waals surface area contributed by atoms with Crippen LogP contribution in [0.15, 0.2) is 12.1 Å². The smallest absolute Gasteiger partial charge is 0.408 e. The summed E-state index contributed by atoms with van der Waals surface area (Å²) in [7, 11) is 3.42. The van der Waals surface area contributed by atoms with Crippen molar-refractivity contribution in [1.29, 1.82) is 0 Å². The van der Waals surface area contributed by atoms with E-state index in [9.17, 15) is 9.59 Å². The van der Waals surface area contributed by atoms with Crippen LogP contribution in [-0.2, 0) is 27.1 Å². The lowest BCUT2D eigenvalue weighted by molar-refractivity contribution is -0.143. The average molecular weight is 461 g/mol. The Bertz CT molecular complexity index is 817. The number of nitrogens with one attached hydrogen (secondary N) is 2. The van der Waals surface area contributed by atoms with E-state index in [-0.39, 0.29) is 0 Å². The maximum atomic E-state index is 12.1. The van der Waals surface area contributed by atoms with E-state index in [4.69, 9.17) is 14.5 Å². The quantitative estimate of drug-likeness (QED) is 0.545. The van der Waals surface area contributed by atoms with Gasteiger partial charge in [-0.05, 0) is 90.3 Å². The standard InChI is InChI=1S/C25H40N4O4/c1-25(2,3)33-24(31)28-21(23(30)32-5)12-14-29(4)20-15-17(16-20)8-10-19-11-9-18-7-6-13-26-22(18)27-19/h9,11,17,20-21H,6-8,10,12-16H2,1-5H3,(H,26,27)(H,28,31)/t17?,20?,21-/m0/s1. The third kappa shape index (κ3) is 7.59. The van der Waals surface area contributed by atoms with Crippen molar-refractivity contribution in [3.05, 3.63) is 23.4 Å². The second kappa shape index (κ2) is 11.2. The molecule has 0 spiro atoms. The number of ether oxygens (including phenoxy) is 2. The van der Waals surface area contributed by atoms with Gasteiger partial charge in [-0.15, -0.1) is 0 Å². The molecule has 33 heavy (non-hydrogen) atoms. The molecule has 2 aliphatic rings. The maximum Gasteiger partial charge on any atom is 0.408 e. The highest BCUT2D eigenvalue weighted by molar-refractivity contribution is 5.81. The molecule has 184 valence electrons. The van der Waals surface area contributed by atoms with E-state index in [1.807, 2.05) is 0 Å². The van der Waals surface area contributed by atoms with Crippen LogP contribution >= 0.6 is 0 Å². The number of anilines is 1. The minimum atomic E-state index is -0.716. The summed E-state index contributed by atoms with van der Waals surface area (Å²) in [5.41, 5.74) is 1.89. The van der Waals surface area contributed by atoms with Gasteiger partial charge in [-0.1, -0.05) is 6.07 Å². The van der Waals surface area contributed by atoms with Crippen molar-refractivity contribution in [2.45, 2.75) is 83.4 Å². The van der Waals surface area contributed by atoms with Crippen molar-refractivity contribution in [2.75, 3.05) is 32.6 Å². The molecular formula is C25H40N4O4. The van der Waals surface area contributed by atoms with Crippen molar-refractivity contribution in [2.24, 2.45) is 5.92 Å². The van der Waals surface area contributed by atoms with Gasteiger partial charge in [0.1, 0.15) is 17.5 Å². The van der Waals surface area contributed by atoms with Crippen molar-refractivity contribution >= 4 is 17.9 Å². The number of hydrogen-bond donors (Lipinski definition) is 2. The van der Waals surface area contributed by atoms with E-state index < -0.39 is 23.7 Å². The molecule has 1 aliphatic carbocycles. The van der Waals surface area contributed by atoms with Crippen molar-refractivity contribution in [3.63, 3.8) is 0 Å². The van der Waals surface area contributed by atoms with E-state index in [0.29, 0.717) is 24.9 Å². The number of rotatable bonds is 9. The molecule has 1 atom stereocenters. The third-order valence-corrected chi connectivity index (χ3v) is 6.54. The van der Waals surface area contributed by atoms with Crippen LogP contribution in [-0.4, -0.2) is 66.9 Å². The molecule has 2 heterocycles. The number of esters is 1. The maximum absolute atomic E-state index is 12.1. The van der Waals surface area contributed by atoms with Crippen LogP contribution in [0.2, 0.25) is 0 Å². The van der Waals surface area contributed by atoms with Crippen LogP contribution in [0, 0.1) is 5.92 Å². The number of fused-ring (bicyclic) bond motifs is 1. The molecule has 1 amide bonds. The van der Waals surface area contributed by atoms with Crippen molar-refractivity contribution in [3.8, 4) is 0 Å². The third-order valence-electron chi connectivity index (χ3n) is 6.54. The van der Waals surface area contributed by atoms with E-state index in [1.54, 1.807) is 20.8 Å². The van der Waals surface area contributed by atoms with E-state index >= 15 is 0 Å². The lowest BCUT2D eigenvalue weighted by Gasteiger charge is -2.41. The molecule has 3 rings (SSSR count). The highest BCUT2D eigenvalue weighted by atomic mass is 16.6. The first-order valence-corrected chi connectivity index (χ1v) is 12.1. The molecule has 8 heteroatoms. The Kier molecular flexibility index (Phi) is 8.57. The monoisotopic (exact) mass is 460 g/mol. The lowest BCUT2D eigenvalue weighted by Crippen LogP contribution is -2.48. The molecule has 8 nitrogen and oxygen atoms in total. The zero-order valence-electron chi connectivity index (χ0n) is 20.8. The molecule has 0 saturated heterocycles. The summed E-state index contributed by atoms with van der Waals surface area (Å²) in [6, 6.07) is 4.20. The topological polar surface area (TPSA) is 92.8 Å². The lowest BCUT2D eigenvalue weighted by atomic mass is 9.76. The molecule has 0 unspecified atom stereocenters. The number of carbonyl (C=O) groups is 2. The van der Waals surface area contributed by atoms with Gasteiger partial charge in [-0.3, -0.25) is 0 Å². The fraction of sp³-hybridized carbons (Fsp3) is 0.720. The molecule has 1 aromatic heterocycles. The Morgan fingerprint density at radius 2 is 2.06 bits per heavy atom. The number of carbonyl (C=O) groups excluding carboxylic acids is 2. The summed E-state index contributed by atoms with van der Waals surface area (Å²) in [5, 5.41) is 6.06. The Morgan fingerprint density at radius 3 is 2.76 bits per heavy atom. The van der Waals surface area contributed by atoms with Crippen molar-refractivity contribution < 1.29 is 19.1 Å². The predicted molar refractivity (Wildman–Crippen MR) is 128 cm³/mol. The van der Waals surface area contributed by atoms with Crippen LogP contribution < -0.4 is 10.6 Å². The molecule has 1 aliphatic heterocycles. The summed E-state index contributed by atoms with van der Waals surface area (Å²) >= 11 is 0. The van der Waals surface area contributed by atoms with E-state index in [1.165, 1.54) is 24.8 Å².